The van der Waals surface area contributed by atoms with Crippen LogP contribution in [0.4, 0.5) is 11.4 Å². The Bertz CT molecular complexity index is 1100. The molecule has 1 saturated heterocycles. The average molecular weight is 466 g/mol. The fourth-order valence-electron chi connectivity index (χ4n) is 4.65. The highest BCUT2D eigenvalue weighted by atomic mass is 16.5. The third-order valence-electron chi connectivity index (χ3n) is 6.52. The Kier molecular flexibility index (Phi) is 6.77. The molecule has 0 radical (unpaired) electrons. The molecule has 8 heteroatoms. The van der Waals surface area contributed by atoms with Gasteiger partial charge in [-0.05, 0) is 44.0 Å². The van der Waals surface area contributed by atoms with E-state index >= 15 is 0 Å². The first-order valence-electron chi connectivity index (χ1n) is 11.7. The highest BCUT2D eigenvalue weighted by Gasteiger charge is 2.52. The van der Waals surface area contributed by atoms with E-state index in [0.29, 0.717) is 47.9 Å². The second-order valence-electron chi connectivity index (χ2n) is 8.78. The molecule has 0 saturated carbocycles. The highest BCUT2D eigenvalue weighted by Crippen LogP contribution is 2.44. The maximum atomic E-state index is 13.3. The van der Waals surface area contributed by atoms with E-state index in [1.807, 2.05) is 19.1 Å². The first-order valence-corrected chi connectivity index (χ1v) is 11.7. The summed E-state index contributed by atoms with van der Waals surface area (Å²) in [5.74, 6) is 0.752. The summed E-state index contributed by atoms with van der Waals surface area (Å²) in [6, 6.07) is 12.4. The molecule has 34 heavy (non-hydrogen) atoms. The van der Waals surface area contributed by atoms with Gasteiger partial charge in [-0.1, -0.05) is 25.5 Å². The first kappa shape index (κ1) is 23.6. The van der Waals surface area contributed by atoms with Crippen molar-refractivity contribution < 1.29 is 23.9 Å². The minimum atomic E-state index is -0.785. The summed E-state index contributed by atoms with van der Waals surface area (Å²) in [5.41, 5.74) is 0.867. The molecule has 2 aliphatic heterocycles. The molecular formula is C26H31N3O5. The lowest BCUT2D eigenvalue weighted by Crippen LogP contribution is -2.62. The highest BCUT2D eigenvalue weighted by molar-refractivity contribution is 6.10. The minimum absolute atomic E-state index is 0.0119. The fraction of sp³-hybridized carbons (Fsp3) is 0.423. The number of amides is 3. The van der Waals surface area contributed by atoms with Crippen LogP contribution in [0.3, 0.4) is 0 Å². The predicted molar refractivity (Wildman–Crippen MR) is 129 cm³/mol. The van der Waals surface area contributed by atoms with Crippen LogP contribution in [0.15, 0.2) is 42.5 Å². The molecule has 3 amide bonds. The number of hydrogen-bond acceptors (Lipinski definition) is 5. The van der Waals surface area contributed by atoms with Gasteiger partial charge in [0.05, 0.1) is 30.7 Å². The van der Waals surface area contributed by atoms with Crippen molar-refractivity contribution in [1.29, 1.82) is 0 Å². The van der Waals surface area contributed by atoms with Crippen molar-refractivity contribution in [2.24, 2.45) is 0 Å². The van der Waals surface area contributed by atoms with Crippen LogP contribution in [0.1, 0.15) is 56.3 Å². The molecule has 2 heterocycles. The number of methoxy groups -OCH3 is 1. The molecule has 0 aliphatic carbocycles. The van der Waals surface area contributed by atoms with E-state index in [4.69, 9.17) is 9.47 Å². The van der Waals surface area contributed by atoms with E-state index in [9.17, 15) is 14.4 Å². The van der Waals surface area contributed by atoms with Crippen molar-refractivity contribution in [3.63, 3.8) is 0 Å². The van der Waals surface area contributed by atoms with Crippen LogP contribution in [-0.4, -0.2) is 48.5 Å². The zero-order chi connectivity index (χ0) is 24.3. The molecule has 4 rings (SSSR count). The molecule has 0 bridgehead atoms. The Balaban J connectivity index is 1.50. The summed E-state index contributed by atoms with van der Waals surface area (Å²) in [6.07, 6.45) is 2.88. The predicted octanol–water partition coefficient (Wildman–Crippen LogP) is 4.20. The Morgan fingerprint density at radius 1 is 1.18 bits per heavy atom. The average Bonchev–Trinajstić information content (AvgIpc) is 3.14. The molecule has 2 aliphatic rings. The van der Waals surface area contributed by atoms with Crippen LogP contribution in [0, 0.1) is 0 Å². The number of ether oxygens (including phenoxy) is 2. The van der Waals surface area contributed by atoms with Crippen LogP contribution < -0.4 is 19.7 Å². The summed E-state index contributed by atoms with van der Waals surface area (Å²) in [7, 11) is 1.56. The van der Waals surface area contributed by atoms with Gasteiger partial charge in [-0.3, -0.25) is 19.3 Å². The van der Waals surface area contributed by atoms with E-state index in [0.717, 1.165) is 12.8 Å². The summed E-state index contributed by atoms with van der Waals surface area (Å²) >= 11 is 0. The van der Waals surface area contributed by atoms with Crippen LogP contribution in [-0.2, 0) is 9.59 Å². The number of carbonyl (C=O) groups excluding carboxylic acids is 3. The Hall–Kier alpha value is -3.55. The summed E-state index contributed by atoms with van der Waals surface area (Å²) in [6.45, 7) is 4.72. The van der Waals surface area contributed by atoms with Crippen molar-refractivity contribution in [2.75, 3.05) is 30.5 Å². The Labute approximate surface area is 199 Å². The topological polar surface area (TPSA) is 88.2 Å². The largest absolute Gasteiger partial charge is 0.497 e. The molecule has 0 aromatic heterocycles. The van der Waals surface area contributed by atoms with Crippen LogP contribution >= 0.6 is 0 Å². The number of carbonyl (C=O) groups is 3. The molecule has 2 aromatic carbocycles. The van der Waals surface area contributed by atoms with Crippen molar-refractivity contribution in [3.8, 4) is 11.5 Å². The molecule has 2 aromatic rings. The molecule has 0 spiro atoms. The molecule has 1 fully saturated rings. The number of hydrogen-bond donors (Lipinski definition) is 1. The summed E-state index contributed by atoms with van der Waals surface area (Å²) < 4.78 is 11.1. The second-order valence-corrected chi connectivity index (χ2v) is 8.78. The molecule has 8 nitrogen and oxygen atoms in total. The number of rotatable bonds is 9. The van der Waals surface area contributed by atoms with Crippen LogP contribution in [0.5, 0.6) is 11.5 Å². The third-order valence-corrected chi connectivity index (χ3v) is 6.52. The summed E-state index contributed by atoms with van der Waals surface area (Å²) in [4.78, 5) is 42.3. The van der Waals surface area contributed by atoms with E-state index in [-0.39, 0.29) is 30.7 Å². The number of unbranched alkanes of at least 4 members (excludes halogenated alkanes) is 1. The lowest BCUT2D eigenvalue weighted by molar-refractivity contribution is -0.117. The fourth-order valence-corrected chi connectivity index (χ4v) is 4.65. The lowest BCUT2D eigenvalue weighted by atomic mass is 9.98. The molecular weight excluding hydrogens is 434 g/mol. The smallest absolute Gasteiger partial charge is 0.257 e. The van der Waals surface area contributed by atoms with E-state index in [1.54, 1.807) is 47.2 Å². The van der Waals surface area contributed by atoms with E-state index in [1.165, 1.54) is 0 Å². The SMILES string of the molecule is CCCCOc1ccc(OC)cc1NC(=O)CCN1C(=O)c2ccccc2N2C(=O)CCC12C. The van der Waals surface area contributed by atoms with Crippen LogP contribution in [0.25, 0.3) is 0 Å². The number of nitrogens with zero attached hydrogens (tertiary/aromatic N) is 2. The number of anilines is 2. The van der Waals surface area contributed by atoms with Crippen LogP contribution in [0.2, 0.25) is 0 Å². The van der Waals surface area contributed by atoms with Gasteiger partial charge >= 0.3 is 0 Å². The zero-order valence-corrected chi connectivity index (χ0v) is 19.9. The minimum Gasteiger partial charge on any atom is -0.497 e. The van der Waals surface area contributed by atoms with Gasteiger partial charge in [0.2, 0.25) is 11.8 Å². The molecule has 1 unspecified atom stereocenters. The van der Waals surface area contributed by atoms with Crippen molar-refractivity contribution in [1.82, 2.24) is 4.90 Å². The van der Waals surface area contributed by atoms with Crippen molar-refractivity contribution in [2.45, 2.75) is 51.6 Å². The molecule has 180 valence electrons. The van der Waals surface area contributed by atoms with Crippen molar-refractivity contribution in [3.05, 3.63) is 48.0 Å². The maximum absolute atomic E-state index is 13.3. The summed E-state index contributed by atoms with van der Waals surface area (Å²) in [5, 5.41) is 2.90. The third kappa shape index (κ3) is 4.32. The van der Waals surface area contributed by atoms with Gasteiger partial charge in [0.15, 0.2) is 0 Å². The van der Waals surface area contributed by atoms with Crippen molar-refractivity contribution >= 4 is 29.1 Å². The zero-order valence-electron chi connectivity index (χ0n) is 19.9. The quantitative estimate of drug-likeness (QED) is 0.561. The van der Waals surface area contributed by atoms with Gasteiger partial charge in [0.25, 0.3) is 5.91 Å². The number of para-hydroxylation sites is 1. The van der Waals surface area contributed by atoms with Gasteiger partial charge in [-0.2, -0.15) is 0 Å². The maximum Gasteiger partial charge on any atom is 0.257 e. The van der Waals surface area contributed by atoms with Gasteiger partial charge in [0, 0.05) is 25.5 Å². The van der Waals surface area contributed by atoms with Gasteiger partial charge in [-0.15, -0.1) is 0 Å². The van der Waals surface area contributed by atoms with Gasteiger partial charge < -0.3 is 19.7 Å². The standard InChI is InChI=1S/C26H31N3O5/c1-4-5-16-34-22-11-10-18(33-3)17-20(22)27-23(30)13-15-28-25(32)19-8-6-7-9-21(19)29-24(31)12-14-26(28,29)2/h6-11,17H,4-5,12-16H2,1-3H3,(H,27,30). The second kappa shape index (κ2) is 9.75. The number of fused-ring (bicyclic) bond motifs is 3. The molecule has 1 N–H and O–H groups in total. The number of benzene rings is 2. The van der Waals surface area contributed by atoms with Gasteiger partial charge in [0.1, 0.15) is 17.2 Å². The Morgan fingerprint density at radius 2 is 1.97 bits per heavy atom. The molecule has 1 atom stereocenters. The first-order chi connectivity index (χ1) is 16.4. The lowest BCUT2D eigenvalue weighted by Gasteiger charge is -2.48. The van der Waals surface area contributed by atoms with E-state index < -0.39 is 5.66 Å². The number of nitrogens with one attached hydrogen (secondary N) is 1. The monoisotopic (exact) mass is 465 g/mol. The van der Waals surface area contributed by atoms with Gasteiger partial charge in [-0.25, -0.2) is 0 Å². The Morgan fingerprint density at radius 3 is 2.74 bits per heavy atom. The normalized spacial score (nSPS) is 19.0. The van der Waals surface area contributed by atoms with E-state index in [2.05, 4.69) is 12.2 Å².